The first-order chi connectivity index (χ1) is 22.8. The lowest BCUT2D eigenvalue weighted by molar-refractivity contribution is 0.654. The first-order valence-electron chi connectivity index (χ1n) is 15.5. The van der Waals surface area contributed by atoms with E-state index in [9.17, 15) is 0 Å². The maximum absolute atomic E-state index is 6.15. The van der Waals surface area contributed by atoms with Gasteiger partial charge in [-0.2, -0.15) is 0 Å². The fourth-order valence-electron chi connectivity index (χ4n) is 6.63. The van der Waals surface area contributed by atoms with E-state index in [1.165, 1.54) is 33.0 Å². The number of hydrogen-bond donors (Lipinski definition) is 0. The predicted octanol–water partition coefficient (Wildman–Crippen LogP) is 12.1. The molecular formula is C43H28N2O. The van der Waals surface area contributed by atoms with Crippen LogP contribution in [0.3, 0.4) is 0 Å². The lowest BCUT2D eigenvalue weighted by Gasteiger charge is -2.26. The van der Waals surface area contributed by atoms with Gasteiger partial charge in [-0.15, -0.1) is 0 Å². The van der Waals surface area contributed by atoms with Crippen LogP contribution in [0.2, 0.25) is 0 Å². The van der Waals surface area contributed by atoms with Crippen molar-refractivity contribution in [2.45, 2.75) is 0 Å². The third-order valence-electron chi connectivity index (χ3n) is 8.91. The van der Waals surface area contributed by atoms with E-state index in [4.69, 9.17) is 4.42 Å². The molecule has 2 aromatic heterocycles. The Labute approximate surface area is 266 Å². The van der Waals surface area contributed by atoms with Gasteiger partial charge in [0.15, 0.2) is 0 Å². The second-order valence-corrected chi connectivity index (χ2v) is 11.7. The average Bonchev–Trinajstić information content (AvgIpc) is 3.49. The summed E-state index contributed by atoms with van der Waals surface area (Å²) in [5, 5.41) is 6.90. The third-order valence-corrected chi connectivity index (χ3v) is 8.91. The number of fused-ring (bicyclic) bond motifs is 5. The molecule has 0 bridgehead atoms. The molecule has 0 fully saturated rings. The largest absolute Gasteiger partial charge is 0.438 e. The van der Waals surface area contributed by atoms with Crippen LogP contribution in [-0.2, 0) is 0 Å². The van der Waals surface area contributed by atoms with E-state index in [0.717, 1.165) is 44.2 Å². The van der Waals surface area contributed by atoms with Crippen molar-refractivity contribution in [2.24, 2.45) is 0 Å². The summed E-state index contributed by atoms with van der Waals surface area (Å²) in [4.78, 5) is 6.76. The molecule has 0 aliphatic carbocycles. The van der Waals surface area contributed by atoms with Gasteiger partial charge in [0.1, 0.15) is 5.58 Å². The molecule has 9 rings (SSSR count). The summed E-state index contributed by atoms with van der Waals surface area (Å²) in [6, 6.07) is 58.3. The highest BCUT2D eigenvalue weighted by molar-refractivity contribution is 6.09. The Morgan fingerprint density at radius 3 is 1.91 bits per heavy atom. The molecule has 9 aromatic rings. The highest BCUT2D eigenvalue weighted by Crippen LogP contribution is 2.40. The standard InChI is InChI=1S/C43H28N2O/c1-2-8-29(9-3-1)30-15-20-35(21-16-30)45(36-22-17-32(18-23-36)39-13-6-11-31-10-4-5-12-38(31)39)37-24-19-33-27-41-40-14-7-25-44-43(40)46-42(41)28-34(33)26-37/h1-28H. The zero-order valence-corrected chi connectivity index (χ0v) is 25.0. The van der Waals surface area contributed by atoms with Crippen molar-refractivity contribution in [1.29, 1.82) is 0 Å². The summed E-state index contributed by atoms with van der Waals surface area (Å²) >= 11 is 0. The van der Waals surface area contributed by atoms with Gasteiger partial charge in [-0.3, -0.25) is 0 Å². The van der Waals surface area contributed by atoms with Crippen LogP contribution in [-0.4, -0.2) is 4.98 Å². The maximum atomic E-state index is 6.15. The Balaban J connectivity index is 1.17. The third kappa shape index (κ3) is 4.49. The summed E-state index contributed by atoms with van der Waals surface area (Å²) in [5.41, 5.74) is 9.58. The molecule has 0 spiro atoms. The molecule has 3 nitrogen and oxygen atoms in total. The summed E-state index contributed by atoms with van der Waals surface area (Å²) < 4.78 is 6.15. The van der Waals surface area contributed by atoms with Crippen LogP contribution in [0.4, 0.5) is 17.1 Å². The number of aromatic nitrogens is 1. The summed E-state index contributed by atoms with van der Waals surface area (Å²) in [6.07, 6.45) is 1.77. The van der Waals surface area contributed by atoms with Crippen LogP contribution >= 0.6 is 0 Å². The van der Waals surface area contributed by atoms with E-state index in [-0.39, 0.29) is 0 Å². The van der Waals surface area contributed by atoms with E-state index in [0.29, 0.717) is 5.71 Å². The van der Waals surface area contributed by atoms with Gasteiger partial charge in [0.2, 0.25) is 5.71 Å². The van der Waals surface area contributed by atoms with E-state index >= 15 is 0 Å². The molecule has 0 unspecified atom stereocenters. The van der Waals surface area contributed by atoms with Gasteiger partial charge in [-0.05, 0) is 104 Å². The van der Waals surface area contributed by atoms with Gasteiger partial charge in [0.25, 0.3) is 0 Å². The van der Waals surface area contributed by atoms with Crippen molar-refractivity contribution in [3.63, 3.8) is 0 Å². The Kier molecular flexibility index (Phi) is 6.14. The minimum absolute atomic E-state index is 0.666. The first kappa shape index (κ1) is 26.2. The van der Waals surface area contributed by atoms with Crippen molar-refractivity contribution in [3.05, 3.63) is 170 Å². The molecule has 0 saturated carbocycles. The zero-order valence-electron chi connectivity index (χ0n) is 25.0. The average molecular weight is 589 g/mol. The van der Waals surface area contributed by atoms with Gasteiger partial charge in [0.05, 0.1) is 0 Å². The number of benzene rings is 7. The van der Waals surface area contributed by atoms with Crippen LogP contribution in [0, 0.1) is 0 Å². The van der Waals surface area contributed by atoms with Crippen molar-refractivity contribution < 1.29 is 4.42 Å². The number of nitrogens with zero attached hydrogens (tertiary/aromatic N) is 2. The lowest BCUT2D eigenvalue weighted by Crippen LogP contribution is -2.09. The van der Waals surface area contributed by atoms with E-state index in [1.54, 1.807) is 6.20 Å². The molecule has 0 radical (unpaired) electrons. The Hall–Kier alpha value is -6.19. The van der Waals surface area contributed by atoms with Crippen LogP contribution < -0.4 is 4.90 Å². The van der Waals surface area contributed by atoms with Crippen LogP contribution in [0.5, 0.6) is 0 Å². The Morgan fingerprint density at radius 1 is 0.413 bits per heavy atom. The molecule has 0 N–H and O–H groups in total. The van der Waals surface area contributed by atoms with E-state index in [2.05, 4.69) is 168 Å². The van der Waals surface area contributed by atoms with Crippen LogP contribution in [0.1, 0.15) is 0 Å². The summed E-state index contributed by atoms with van der Waals surface area (Å²) in [6.45, 7) is 0. The van der Waals surface area contributed by atoms with E-state index in [1.807, 2.05) is 6.07 Å². The molecule has 216 valence electrons. The second kappa shape index (κ2) is 10.8. The van der Waals surface area contributed by atoms with Gasteiger partial charge in [-0.25, -0.2) is 4.98 Å². The molecular weight excluding hydrogens is 560 g/mol. The first-order valence-corrected chi connectivity index (χ1v) is 15.5. The van der Waals surface area contributed by atoms with Crippen molar-refractivity contribution in [1.82, 2.24) is 4.98 Å². The SMILES string of the molecule is c1ccc(-c2ccc(N(c3ccc(-c4cccc5ccccc45)cc3)c3ccc4cc5c(cc4c3)oc3ncccc35)cc2)cc1. The molecule has 3 heteroatoms. The van der Waals surface area contributed by atoms with Crippen LogP contribution in [0.15, 0.2) is 174 Å². The Bertz CT molecular complexity index is 2510. The molecule has 2 heterocycles. The second-order valence-electron chi connectivity index (χ2n) is 11.7. The molecule has 46 heavy (non-hydrogen) atoms. The van der Waals surface area contributed by atoms with Gasteiger partial charge in [-0.1, -0.05) is 103 Å². The number of rotatable bonds is 5. The number of pyridine rings is 1. The fourth-order valence-corrected chi connectivity index (χ4v) is 6.63. The predicted molar refractivity (Wildman–Crippen MR) is 192 cm³/mol. The molecule has 0 saturated heterocycles. The molecule has 0 atom stereocenters. The number of anilines is 3. The molecule has 7 aromatic carbocycles. The maximum Gasteiger partial charge on any atom is 0.227 e. The summed E-state index contributed by atoms with van der Waals surface area (Å²) in [5.74, 6) is 0. The topological polar surface area (TPSA) is 29.3 Å². The molecule has 0 amide bonds. The minimum atomic E-state index is 0.666. The fraction of sp³-hybridized carbons (Fsp3) is 0. The minimum Gasteiger partial charge on any atom is -0.438 e. The zero-order chi connectivity index (χ0) is 30.5. The summed E-state index contributed by atoms with van der Waals surface area (Å²) in [7, 11) is 0. The smallest absolute Gasteiger partial charge is 0.227 e. The van der Waals surface area contributed by atoms with Gasteiger partial charge >= 0.3 is 0 Å². The number of furan rings is 1. The highest BCUT2D eigenvalue weighted by Gasteiger charge is 2.16. The van der Waals surface area contributed by atoms with Crippen LogP contribution in [0.25, 0.3) is 65.9 Å². The molecule has 0 aliphatic heterocycles. The van der Waals surface area contributed by atoms with Gasteiger partial charge in [0, 0.05) is 34.0 Å². The number of hydrogen-bond acceptors (Lipinski definition) is 3. The molecule has 0 aliphatic rings. The van der Waals surface area contributed by atoms with Crippen molar-refractivity contribution in [3.8, 4) is 22.3 Å². The normalized spacial score (nSPS) is 11.5. The van der Waals surface area contributed by atoms with Crippen molar-refractivity contribution in [2.75, 3.05) is 4.90 Å². The highest BCUT2D eigenvalue weighted by atomic mass is 16.3. The van der Waals surface area contributed by atoms with Gasteiger partial charge < -0.3 is 9.32 Å². The lowest BCUT2D eigenvalue weighted by atomic mass is 9.98. The van der Waals surface area contributed by atoms with Crippen molar-refractivity contribution >= 4 is 60.7 Å². The quantitative estimate of drug-likeness (QED) is 0.200. The monoisotopic (exact) mass is 588 g/mol. The Morgan fingerprint density at radius 2 is 1.09 bits per heavy atom. The van der Waals surface area contributed by atoms with E-state index < -0.39 is 0 Å².